The molecule has 3 aromatic rings. The van der Waals surface area contributed by atoms with Crippen LogP contribution < -0.4 is 9.47 Å². The predicted molar refractivity (Wildman–Crippen MR) is 125 cm³/mol. The fourth-order valence-corrected chi connectivity index (χ4v) is 4.18. The summed E-state index contributed by atoms with van der Waals surface area (Å²) in [6.07, 6.45) is 3.77. The van der Waals surface area contributed by atoms with Gasteiger partial charge < -0.3 is 19.3 Å². The van der Waals surface area contributed by atoms with Crippen molar-refractivity contribution in [3.63, 3.8) is 0 Å². The number of rotatable bonds is 6. The summed E-state index contributed by atoms with van der Waals surface area (Å²) in [7, 11) is 7.23. The highest BCUT2D eigenvalue weighted by Crippen LogP contribution is 2.34. The zero-order chi connectivity index (χ0) is 22.7. The summed E-state index contributed by atoms with van der Waals surface area (Å²) < 4.78 is 12.6. The second-order valence-corrected chi connectivity index (χ2v) is 8.19. The van der Waals surface area contributed by atoms with Gasteiger partial charge in [0, 0.05) is 24.8 Å². The Morgan fingerprint density at radius 2 is 1.72 bits per heavy atom. The Hall–Kier alpha value is -3.32. The lowest BCUT2D eigenvalue weighted by Crippen LogP contribution is -2.44. The first-order valence-corrected chi connectivity index (χ1v) is 10.8. The lowest BCUT2D eigenvalue weighted by Gasteiger charge is -2.35. The molecule has 0 aliphatic carbocycles. The molecule has 1 aromatic heterocycles. The van der Waals surface area contributed by atoms with Crippen molar-refractivity contribution in [3.05, 3.63) is 60.3 Å². The lowest BCUT2D eigenvalue weighted by molar-refractivity contribution is 0.0660. The number of carbonyl (C=O) groups is 1. The number of carbonyl (C=O) groups excluding carboxylic acids is 1. The first-order valence-electron chi connectivity index (χ1n) is 10.8. The molecule has 0 spiro atoms. The molecule has 2 heterocycles. The van der Waals surface area contributed by atoms with E-state index in [1.807, 2.05) is 66.7 Å². The number of piperidine rings is 1. The third-order valence-corrected chi connectivity index (χ3v) is 6.18. The average molecular weight is 435 g/mol. The summed E-state index contributed by atoms with van der Waals surface area (Å²) >= 11 is 0. The van der Waals surface area contributed by atoms with Crippen molar-refractivity contribution in [1.29, 1.82) is 0 Å². The molecule has 1 amide bonds. The number of likely N-dealkylation sites (tertiary alicyclic amines) is 1. The number of amides is 1. The molecule has 7 heteroatoms. The van der Waals surface area contributed by atoms with Crippen LogP contribution in [0.25, 0.3) is 16.9 Å². The molecule has 0 unspecified atom stereocenters. The quantitative estimate of drug-likeness (QED) is 0.592. The number of ether oxygens (including phenoxy) is 2. The van der Waals surface area contributed by atoms with Gasteiger partial charge in [-0.05, 0) is 63.3 Å². The van der Waals surface area contributed by atoms with E-state index in [1.165, 1.54) is 0 Å². The van der Waals surface area contributed by atoms with Gasteiger partial charge in [0.05, 0.1) is 25.5 Å². The number of benzene rings is 2. The van der Waals surface area contributed by atoms with Gasteiger partial charge in [0.1, 0.15) is 5.69 Å². The van der Waals surface area contributed by atoms with Crippen LogP contribution in [0.15, 0.2) is 54.7 Å². The molecule has 4 rings (SSSR count). The molecule has 0 bridgehead atoms. The lowest BCUT2D eigenvalue weighted by atomic mass is 10.0. The molecule has 32 heavy (non-hydrogen) atoms. The Morgan fingerprint density at radius 3 is 2.38 bits per heavy atom. The van der Waals surface area contributed by atoms with E-state index in [0.29, 0.717) is 22.8 Å². The van der Waals surface area contributed by atoms with Gasteiger partial charge in [-0.1, -0.05) is 18.2 Å². The van der Waals surface area contributed by atoms with Gasteiger partial charge in [0.2, 0.25) is 0 Å². The van der Waals surface area contributed by atoms with Crippen molar-refractivity contribution >= 4 is 5.91 Å². The summed E-state index contributed by atoms with van der Waals surface area (Å²) in [5, 5.41) is 4.81. The maximum Gasteiger partial charge on any atom is 0.257 e. The van der Waals surface area contributed by atoms with Crippen LogP contribution in [0.1, 0.15) is 23.2 Å². The Bertz CT molecular complexity index is 1070. The summed E-state index contributed by atoms with van der Waals surface area (Å²) in [6.45, 7) is 1.99. The zero-order valence-corrected chi connectivity index (χ0v) is 19.1. The van der Waals surface area contributed by atoms with Crippen molar-refractivity contribution in [2.24, 2.45) is 0 Å². The highest BCUT2D eigenvalue weighted by atomic mass is 16.5. The fraction of sp³-hybridized carbons (Fsp3) is 0.360. The van der Waals surface area contributed by atoms with E-state index in [2.05, 4.69) is 11.9 Å². The van der Waals surface area contributed by atoms with E-state index in [0.717, 1.165) is 37.2 Å². The van der Waals surface area contributed by atoms with Crippen molar-refractivity contribution in [2.75, 3.05) is 41.4 Å². The van der Waals surface area contributed by atoms with Gasteiger partial charge in [-0.25, -0.2) is 4.68 Å². The fourth-order valence-electron chi connectivity index (χ4n) is 4.18. The van der Waals surface area contributed by atoms with Crippen LogP contribution in [0.3, 0.4) is 0 Å². The maximum absolute atomic E-state index is 13.6. The van der Waals surface area contributed by atoms with E-state index in [4.69, 9.17) is 14.6 Å². The first kappa shape index (κ1) is 21.9. The highest BCUT2D eigenvalue weighted by molar-refractivity contribution is 6.00. The molecule has 0 saturated carbocycles. The molecular weight excluding hydrogens is 404 g/mol. The number of methoxy groups -OCH3 is 2. The number of aromatic nitrogens is 2. The van der Waals surface area contributed by atoms with Gasteiger partial charge in [-0.3, -0.25) is 4.79 Å². The van der Waals surface area contributed by atoms with E-state index >= 15 is 0 Å². The van der Waals surface area contributed by atoms with E-state index in [9.17, 15) is 4.79 Å². The van der Waals surface area contributed by atoms with Gasteiger partial charge >= 0.3 is 0 Å². The average Bonchev–Trinajstić information content (AvgIpc) is 3.29. The van der Waals surface area contributed by atoms with Crippen LogP contribution in [0.4, 0.5) is 0 Å². The van der Waals surface area contributed by atoms with Crippen LogP contribution in [-0.4, -0.2) is 72.9 Å². The predicted octanol–water partition coefficient (Wildman–Crippen LogP) is 3.72. The van der Waals surface area contributed by atoms with Crippen LogP contribution in [0.5, 0.6) is 11.5 Å². The van der Waals surface area contributed by atoms with Crippen molar-refractivity contribution < 1.29 is 14.3 Å². The molecule has 168 valence electrons. The van der Waals surface area contributed by atoms with E-state index in [1.54, 1.807) is 18.9 Å². The highest BCUT2D eigenvalue weighted by Gasteiger charge is 2.28. The number of para-hydroxylation sites is 1. The van der Waals surface area contributed by atoms with Crippen molar-refractivity contribution in [1.82, 2.24) is 19.6 Å². The van der Waals surface area contributed by atoms with Gasteiger partial charge in [-0.2, -0.15) is 5.10 Å². The van der Waals surface area contributed by atoms with Crippen molar-refractivity contribution in [3.8, 4) is 28.4 Å². The number of hydrogen-bond donors (Lipinski definition) is 0. The molecule has 1 aliphatic rings. The molecular formula is C25H30N4O3. The van der Waals surface area contributed by atoms with Crippen LogP contribution in [0.2, 0.25) is 0 Å². The molecule has 1 fully saturated rings. The topological polar surface area (TPSA) is 59.8 Å². The summed E-state index contributed by atoms with van der Waals surface area (Å²) in [4.78, 5) is 17.8. The molecule has 0 atom stereocenters. The minimum atomic E-state index is -0.0217. The minimum Gasteiger partial charge on any atom is -0.493 e. The molecule has 2 aromatic carbocycles. The van der Waals surface area contributed by atoms with Crippen LogP contribution in [-0.2, 0) is 0 Å². The monoisotopic (exact) mass is 434 g/mol. The zero-order valence-electron chi connectivity index (χ0n) is 19.1. The van der Waals surface area contributed by atoms with E-state index < -0.39 is 0 Å². The van der Waals surface area contributed by atoms with Gasteiger partial charge in [0.15, 0.2) is 11.5 Å². The Kier molecular flexibility index (Phi) is 6.46. The molecule has 7 nitrogen and oxygen atoms in total. The standard InChI is InChI=1S/C25H30N4O3/c1-27-14-12-19(13-15-27)28(2)25(30)21-17-29(20-8-6-5-7-9-20)26-24(21)18-10-11-22(31-3)23(16-18)32-4/h5-11,16-17,19H,12-15H2,1-4H3. The molecule has 0 radical (unpaired) electrons. The Balaban J connectivity index is 1.75. The van der Waals surface area contributed by atoms with Crippen molar-refractivity contribution in [2.45, 2.75) is 18.9 Å². The van der Waals surface area contributed by atoms with Crippen LogP contribution >= 0.6 is 0 Å². The smallest absolute Gasteiger partial charge is 0.257 e. The van der Waals surface area contributed by atoms with Gasteiger partial charge in [-0.15, -0.1) is 0 Å². The first-order chi connectivity index (χ1) is 15.5. The largest absolute Gasteiger partial charge is 0.493 e. The van der Waals surface area contributed by atoms with Crippen LogP contribution in [0, 0.1) is 0 Å². The SMILES string of the molecule is COc1ccc(-c2nn(-c3ccccc3)cc2C(=O)N(C)C2CCN(C)CC2)cc1OC. The summed E-state index contributed by atoms with van der Waals surface area (Å²) in [5.74, 6) is 1.21. The third kappa shape index (κ3) is 4.34. The number of hydrogen-bond acceptors (Lipinski definition) is 5. The molecule has 0 N–H and O–H groups in total. The second-order valence-electron chi connectivity index (χ2n) is 8.19. The Labute approximate surface area is 189 Å². The normalized spacial score (nSPS) is 14.9. The molecule has 1 aliphatic heterocycles. The summed E-state index contributed by atoms with van der Waals surface area (Å²) in [5.41, 5.74) is 2.90. The van der Waals surface area contributed by atoms with Gasteiger partial charge in [0.25, 0.3) is 5.91 Å². The summed E-state index contributed by atoms with van der Waals surface area (Å²) in [6, 6.07) is 15.7. The third-order valence-electron chi connectivity index (χ3n) is 6.18. The number of nitrogens with zero attached hydrogens (tertiary/aromatic N) is 4. The minimum absolute atomic E-state index is 0.0217. The molecule has 1 saturated heterocycles. The Morgan fingerprint density at radius 1 is 1.03 bits per heavy atom. The maximum atomic E-state index is 13.6. The van der Waals surface area contributed by atoms with E-state index in [-0.39, 0.29) is 11.9 Å². The second kappa shape index (κ2) is 9.44.